The van der Waals surface area contributed by atoms with Gasteiger partial charge in [-0.25, -0.2) is 0 Å². The fourth-order valence-electron chi connectivity index (χ4n) is 2.34. The molecule has 0 bridgehead atoms. The van der Waals surface area contributed by atoms with Crippen LogP contribution in [0.3, 0.4) is 0 Å². The smallest absolute Gasteiger partial charge is 0.0455 e. The lowest BCUT2D eigenvalue weighted by molar-refractivity contribution is 0.649. The molecule has 0 saturated heterocycles. The lowest BCUT2D eigenvalue weighted by atomic mass is 10.0. The van der Waals surface area contributed by atoms with Crippen LogP contribution in [0.1, 0.15) is 24.1 Å². The van der Waals surface area contributed by atoms with E-state index in [1.165, 1.54) is 11.3 Å². The van der Waals surface area contributed by atoms with Crippen LogP contribution >= 0.6 is 27.5 Å². The molecule has 4 heteroatoms. The zero-order valence-corrected chi connectivity index (χ0v) is 14.9. The molecule has 0 heterocycles. The van der Waals surface area contributed by atoms with Crippen LogP contribution in [0.25, 0.3) is 0 Å². The van der Waals surface area contributed by atoms with Crippen LogP contribution in [0.4, 0.5) is 5.69 Å². The van der Waals surface area contributed by atoms with Gasteiger partial charge >= 0.3 is 0 Å². The molecule has 0 aliphatic rings. The average Bonchev–Trinajstić information content (AvgIpc) is 2.48. The molecule has 0 aliphatic heterocycles. The van der Waals surface area contributed by atoms with Gasteiger partial charge in [-0.2, -0.15) is 0 Å². The van der Waals surface area contributed by atoms with Gasteiger partial charge < -0.3 is 10.2 Å². The van der Waals surface area contributed by atoms with Crippen LogP contribution in [0, 0.1) is 0 Å². The highest BCUT2D eigenvalue weighted by Gasteiger charge is 2.14. The molecule has 2 aromatic carbocycles. The summed E-state index contributed by atoms with van der Waals surface area (Å²) in [6, 6.07) is 14.6. The van der Waals surface area contributed by atoms with Crippen molar-refractivity contribution in [3.63, 3.8) is 0 Å². The fourth-order valence-corrected chi connectivity index (χ4v) is 2.92. The van der Waals surface area contributed by atoms with E-state index >= 15 is 0 Å². The number of halogens is 2. The van der Waals surface area contributed by atoms with E-state index < -0.39 is 0 Å². The van der Waals surface area contributed by atoms with Crippen molar-refractivity contribution in [3.8, 4) is 0 Å². The van der Waals surface area contributed by atoms with Gasteiger partial charge in [-0.1, -0.05) is 45.7 Å². The molecule has 1 N–H and O–H groups in total. The molecular weight excluding hydrogens is 348 g/mol. The predicted molar refractivity (Wildman–Crippen MR) is 95.2 cm³/mol. The van der Waals surface area contributed by atoms with Crippen molar-refractivity contribution in [2.24, 2.45) is 0 Å². The molecule has 21 heavy (non-hydrogen) atoms. The summed E-state index contributed by atoms with van der Waals surface area (Å²) in [6.45, 7) is 2.94. The van der Waals surface area contributed by atoms with Gasteiger partial charge in [0.15, 0.2) is 0 Å². The largest absolute Gasteiger partial charge is 0.370 e. The van der Waals surface area contributed by atoms with Gasteiger partial charge in [0.2, 0.25) is 0 Å². The zero-order chi connectivity index (χ0) is 15.4. The number of hydrogen-bond acceptors (Lipinski definition) is 2. The summed E-state index contributed by atoms with van der Waals surface area (Å²) in [7, 11) is 4.07. The van der Waals surface area contributed by atoms with E-state index in [0.29, 0.717) is 0 Å². The molecule has 0 amide bonds. The van der Waals surface area contributed by atoms with Gasteiger partial charge in [-0.05, 0) is 49.4 Å². The Morgan fingerprint density at radius 3 is 2.62 bits per heavy atom. The summed E-state index contributed by atoms with van der Waals surface area (Å²) < 4.78 is 1.09. The Kier molecular flexibility index (Phi) is 5.68. The van der Waals surface area contributed by atoms with Crippen LogP contribution in [0.15, 0.2) is 46.9 Å². The van der Waals surface area contributed by atoms with Crippen LogP contribution in [0.2, 0.25) is 5.02 Å². The van der Waals surface area contributed by atoms with Crippen molar-refractivity contribution < 1.29 is 0 Å². The van der Waals surface area contributed by atoms with Gasteiger partial charge in [0.1, 0.15) is 0 Å². The molecule has 0 aliphatic carbocycles. The van der Waals surface area contributed by atoms with Crippen molar-refractivity contribution in [2.45, 2.75) is 19.5 Å². The first-order valence-corrected chi connectivity index (χ1v) is 8.11. The van der Waals surface area contributed by atoms with Crippen LogP contribution in [0.5, 0.6) is 0 Å². The first-order chi connectivity index (χ1) is 10.0. The second-order valence-electron chi connectivity index (χ2n) is 5.16. The Balaban J connectivity index is 2.31. The fraction of sp³-hybridized carbons (Fsp3) is 0.294. The van der Waals surface area contributed by atoms with Crippen molar-refractivity contribution >= 4 is 33.2 Å². The maximum absolute atomic E-state index is 6.26. The summed E-state index contributed by atoms with van der Waals surface area (Å²) in [5.74, 6) is 0. The lowest BCUT2D eigenvalue weighted by Gasteiger charge is -2.26. The van der Waals surface area contributed by atoms with Crippen LogP contribution in [-0.2, 0) is 6.54 Å². The molecule has 2 nitrogen and oxygen atoms in total. The second kappa shape index (κ2) is 7.30. The molecule has 0 radical (unpaired) electrons. The quantitative estimate of drug-likeness (QED) is 0.798. The standard InChI is InChI=1S/C17H20BrClN2/c1-12(20-2)15-10-14(18)8-9-17(15)21(3)11-13-6-4-5-7-16(13)19/h4-10,12,20H,11H2,1-3H3. The monoisotopic (exact) mass is 366 g/mol. The number of nitrogens with one attached hydrogen (secondary N) is 1. The van der Waals surface area contributed by atoms with Crippen molar-refractivity contribution in [1.82, 2.24) is 5.32 Å². The number of benzene rings is 2. The number of nitrogens with zero attached hydrogens (tertiary/aromatic N) is 1. The highest BCUT2D eigenvalue weighted by Crippen LogP contribution is 2.30. The topological polar surface area (TPSA) is 15.3 Å². The summed E-state index contributed by atoms with van der Waals surface area (Å²) >= 11 is 9.82. The maximum Gasteiger partial charge on any atom is 0.0455 e. The van der Waals surface area contributed by atoms with Gasteiger partial charge in [-0.15, -0.1) is 0 Å². The first kappa shape index (κ1) is 16.3. The molecular formula is C17H20BrClN2. The van der Waals surface area contributed by atoms with E-state index in [1.807, 2.05) is 25.2 Å². The SMILES string of the molecule is CNC(C)c1cc(Br)ccc1N(C)Cc1ccccc1Cl. The summed E-state index contributed by atoms with van der Waals surface area (Å²) in [5, 5.41) is 4.12. The third kappa shape index (κ3) is 4.00. The van der Waals surface area contributed by atoms with E-state index in [4.69, 9.17) is 11.6 Å². The highest BCUT2D eigenvalue weighted by atomic mass is 79.9. The summed E-state index contributed by atoms with van der Waals surface area (Å²) in [6.07, 6.45) is 0. The minimum atomic E-state index is 0.284. The van der Waals surface area contributed by atoms with Crippen molar-refractivity contribution in [2.75, 3.05) is 19.0 Å². The van der Waals surface area contributed by atoms with E-state index in [1.54, 1.807) is 0 Å². The third-order valence-corrected chi connectivity index (χ3v) is 4.53. The highest BCUT2D eigenvalue weighted by molar-refractivity contribution is 9.10. The molecule has 0 saturated carbocycles. The average molecular weight is 368 g/mol. The van der Waals surface area contributed by atoms with E-state index in [-0.39, 0.29) is 6.04 Å². The Hall–Kier alpha value is -1.03. The van der Waals surface area contributed by atoms with E-state index in [2.05, 4.69) is 64.4 Å². The number of hydrogen-bond donors (Lipinski definition) is 1. The second-order valence-corrected chi connectivity index (χ2v) is 6.48. The third-order valence-electron chi connectivity index (χ3n) is 3.67. The summed E-state index contributed by atoms with van der Waals surface area (Å²) in [5.41, 5.74) is 3.61. The first-order valence-electron chi connectivity index (χ1n) is 6.94. The van der Waals surface area contributed by atoms with Gasteiger partial charge in [0.05, 0.1) is 0 Å². The minimum absolute atomic E-state index is 0.284. The van der Waals surface area contributed by atoms with E-state index in [0.717, 1.165) is 21.6 Å². The maximum atomic E-state index is 6.26. The molecule has 0 spiro atoms. The zero-order valence-electron chi connectivity index (χ0n) is 12.5. The Morgan fingerprint density at radius 2 is 1.95 bits per heavy atom. The normalized spacial score (nSPS) is 12.2. The van der Waals surface area contributed by atoms with Gasteiger partial charge in [0.25, 0.3) is 0 Å². The van der Waals surface area contributed by atoms with Gasteiger partial charge in [0, 0.05) is 34.8 Å². The number of rotatable bonds is 5. The number of anilines is 1. The molecule has 2 rings (SSSR count). The summed E-state index contributed by atoms with van der Waals surface area (Å²) in [4.78, 5) is 2.23. The molecule has 0 fully saturated rings. The molecule has 1 atom stereocenters. The van der Waals surface area contributed by atoms with Crippen molar-refractivity contribution in [3.05, 3.63) is 63.1 Å². The lowest BCUT2D eigenvalue weighted by Crippen LogP contribution is -2.21. The molecule has 1 unspecified atom stereocenters. The van der Waals surface area contributed by atoms with Crippen LogP contribution < -0.4 is 10.2 Å². The van der Waals surface area contributed by atoms with Crippen LogP contribution in [-0.4, -0.2) is 14.1 Å². The Bertz CT molecular complexity index is 615. The van der Waals surface area contributed by atoms with Crippen molar-refractivity contribution in [1.29, 1.82) is 0 Å². The van der Waals surface area contributed by atoms with Gasteiger partial charge in [-0.3, -0.25) is 0 Å². The molecule has 0 aromatic heterocycles. The molecule has 112 valence electrons. The minimum Gasteiger partial charge on any atom is -0.370 e. The Labute approximate surface area is 140 Å². The molecule has 2 aromatic rings. The van der Waals surface area contributed by atoms with E-state index in [9.17, 15) is 0 Å². The Morgan fingerprint density at radius 1 is 1.24 bits per heavy atom. The predicted octanol–water partition coefficient (Wildman–Crippen LogP) is 5.02.